The molecule has 3 aromatic carbocycles. The lowest BCUT2D eigenvalue weighted by Gasteiger charge is -2.16. The molecule has 1 saturated carbocycles. The van der Waals surface area contributed by atoms with Crippen molar-refractivity contribution in [3.05, 3.63) is 77.9 Å². The second-order valence-corrected chi connectivity index (χ2v) is 9.78. The third-order valence-electron chi connectivity index (χ3n) is 5.77. The molecule has 0 unspecified atom stereocenters. The lowest BCUT2D eigenvalue weighted by Crippen LogP contribution is -2.33. The zero-order chi connectivity index (χ0) is 24.3. The van der Waals surface area contributed by atoms with Gasteiger partial charge in [-0.1, -0.05) is 43.2 Å². The Bertz CT molecular complexity index is 1310. The predicted molar refractivity (Wildman–Crippen MR) is 125 cm³/mol. The van der Waals surface area contributed by atoms with Crippen LogP contribution in [-0.2, 0) is 10.0 Å². The fourth-order valence-corrected chi connectivity index (χ4v) is 5.59. The van der Waals surface area contributed by atoms with E-state index in [0.29, 0.717) is 11.6 Å². The zero-order valence-corrected chi connectivity index (χ0v) is 19.3. The number of ether oxygens (including phenoxy) is 1. The van der Waals surface area contributed by atoms with Crippen molar-refractivity contribution in [2.75, 3.05) is 12.4 Å². The van der Waals surface area contributed by atoms with E-state index >= 15 is 0 Å². The fourth-order valence-electron chi connectivity index (χ4n) is 4.09. The molecule has 0 aromatic heterocycles. The van der Waals surface area contributed by atoms with Crippen LogP contribution in [-0.4, -0.2) is 27.5 Å². The first kappa shape index (κ1) is 23.8. The SMILES string of the molecule is COc1ccc(C(=O)Nc2c(F)cc(F)cc2-c2ccccc2)cc1S(=O)(=O)NC1CCCC1. The molecule has 6 nitrogen and oxygen atoms in total. The van der Waals surface area contributed by atoms with Crippen LogP contribution in [0.4, 0.5) is 14.5 Å². The van der Waals surface area contributed by atoms with Gasteiger partial charge in [-0.25, -0.2) is 21.9 Å². The van der Waals surface area contributed by atoms with Crippen LogP contribution in [0.5, 0.6) is 5.75 Å². The Morgan fingerprint density at radius 2 is 1.71 bits per heavy atom. The molecule has 0 radical (unpaired) electrons. The average molecular weight is 487 g/mol. The van der Waals surface area contributed by atoms with E-state index in [2.05, 4.69) is 10.0 Å². The number of rotatable bonds is 7. The minimum Gasteiger partial charge on any atom is -0.495 e. The minimum absolute atomic E-state index is 0.0182. The van der Waals surface area contributed by atoms with Crippen molar-refractivity contribution in [1.29, 1.82) is 0 Å². The van der Waals surface area contributed by atoms with Gasteiger partial charge in [-0.2, -0.15) is 0 Å². The summed E-state index contributed by atoms with van der Waals surface area (Å²) in [5.74, 6) is -2.40. The maximum atomic E-state index is 14.7. The van der Waals surface area contributed by atoms with Crippen molar-refractivity contribution in [1.82, 2.24) is 4.72 Å². The largest absolute Gasteiger partial charge is 0.495 e. The van der Waals surface area contributed by atoms with E-state index in [4.69, 9.17) is 4.74 Å². The standard InChI is InChI=1S/C25H24F2N2O4S/c1-33-22-12-11-17(13-23(22)34(31,32)29-19-9-5-6-10-19)25(30)28-24-20(14-18(26)15-21(24)27)16-7-3-2-4-8-16/h2-4,7-8,11-15,19,29H,5-6,9-10H2,1H3,(H,28,30). The van der Waals surface area contributed by atoms with E-state index in [-0.39, 0.29) is 33.5 Å². The number of hydrogen-bond acceptors (Lipinski definition) is 4. The smallest absolute Gasteiger partial charge is 0.255 e. The van der Waals surface area contributed by atoms with Crippen LogP contribution in [0.15, 0.2) is 65.6 Å². The molecule has 9 heteroatoms. The lowest BCUT2D eigenvalue weighted by molar-refractivity contribution is 0.102. The van der Waals surface area contributed by atoms with E-state index in [9.17, 15) is 22.0 Å². The van der Waals surface area contributed by atoms with Gasteiger partial charge >= 0.3 is 0 Å². The summed E-state index contributed by atoms with van der Waals surface area (Å²) in [5.41, 5.74) is 0.447. The van der Waals surface area contributed by atoms with Crippen LogP contribution < -0.4 is 14.8 Å². The first-order chi connectivity index (χ1) is 16.3. The van der Waals surface area contributed by atoms with Gasteiger partial charge in [-0.3, -0.25) is 4.79 Å². The van der Waals surface area contributed by atoms with E-state index in [1.165, 1.54) is 25.3 Å². The molecule has 0 spiro atoms. The average Bonchev–Trinajstić information content (AvgIpc) is 3.33. The molecule has 1 amide bonds. The molecule has 1 aliphatic carbocycles. The Balaban J connectivity index is 1.68. The summed E-state index contributed by atoms with van der Waals surface area (Å²) in [6.07, 6.45) is 3.38. The van der Waals surface area contributed by atoms with Crippen molar-refractivity contribution < 1.29 is 26.7 Å². The Morgan fingerprint density at radius 1 is 1.00 bits per heavy atom. The summed E-state index contributed by atoms with van der Waals surface area (Å²) < 4.78 is 62.5. The van der Waals surface area contributed by atoms with Crippen molar-refractivity contribution in [2.45, 2.75) is 36.6 Å². The monoisotopic (exact) mass is 486 g/mol. The van der Waals surface area contributed by atoms with Crippen LogP contribution in [0.1, 0.15) is 36.0 Å². The quantitative estimate of drug-likeness (QED) is 0.486. The summed E-state index contributed by atoms with van der Waals surface area (Å²) in [4.78, 5) is 12.8. The first-order valence-electron chi connectivity index (χ1n) is 10.8. The van der Waals surface area contributed by atoms with Crippen LogP contribution in [0, 0.1) is 11.6 Å². The van der Waals surface area contributed by atoms with E-state index in [1.54, 1.807) is 30.3 Å². The van der Waals surface area contributed by atoms with E-state index in [0.717, 1.165) is 31.7 Å². The second-order valence-electron chi connectivity index (χ2n) is 8.10. The summed E-state index contributed by atoms with van der Waals surface area (Å²) in [5, 5.41) is 2.47. The summed E-state index contributed by atoms with van der Waals surface area (Å²) in [6.45, 7) is 0. The van der Waals surface area contributed by atoms with Crippen LogP contribution in [0.3, 0.4) is 0 Å². The van der Waals surface area contributed by atoms with Crippen LogP contribution >= 0.6 is 0 Å². The number of nitrogens with one attached hydrogen (secondary N) is 2. The highest BCUT2D eigenvalue weighted by molar-refractivity contribution is 7.89. The number of benzene rings is 3. The van der Waals surface area contributed by atoms with Crippen LogP contribution in [0.25, 0.3) is 11.1 Å². The van der Waals surface area contributed by atoms with Gasteiger partial charge in [0, 0.05) is 23.2 Å². The molecule has 0 bridgehead atoms. The van der Waals surface area contributed by atoms with Gasteiger partial charge in [0.2, 0.25) is 10.0 Å². The number of carbonyl (C=O) groups is 1. The zero-order valence-electron chi connectivity index (χ0n) is 18.5. The van der Waals surface area contributed by atoms with Gasteiger partial charge in [-0.15, -0.1) is 0 Å². The molecule has 34 heavy (non-hydrogen) atoms. The summed E-state index contributed by atoms with van der Waals surface area (Å²) in [7, 11) is -2.62. The molecule has 0 saturated heterocycles. The normalized spacial score (nSPS) is 14.2. The highest BCUT2D eigenvalue weighted by Crippen LogP contribution is 2.33. The third kappa shape index (κ3) is 5.10. The van der Waals surface area contributed by atoms with Gasteiger partial charge in [0.15, 0.2) is 0 Å². The van der Waals surface area contributed by atoms with Crippen molar-refractivity contribution >= 4 is 21.6 Å². The van der Waals surface area contributed by atoms with Crippen molar-refractivity contribution in [3.63, 3.8) is 0 Å². The van der Waals surface area contributed by atoms with Gasteiger partial charge in [0.05, 0.1) is 12.8 Å². The fraction of sp³-hybridized carbons (Fsp3) is 0.240. The molecule has 2 N–H and O–H groups in total. The number of sulfonamides is 1. The summed E-state index contributed by atoms with van der Waals surface area (Å²) >= 11 is 0. The molecule has 0 atom stereocenters. The Kier molecular flexibility index (Phi) is 6.95. The van der Waals surface area contributed by atoms with Crippen molar-refractivity contribution in [2.24, 2.45) is 0 Å². The Labute approximate surface area is 197 Å². The number of carbonyl (C=O) groups excluding carboxylic acids is 1. The van der Waals surface area contributed by atoms with Gasteiger partial charge < -0.3 is 10.1 Å². The molecule has 4 rings (SSSR count). The second kappa shape index (κ2) is 9.90. The number of amides is 1. The highest BCUT2D eigenvalue weighted by Gasteiger charge is 2.27. The third-order valence-corrected chi connectivity index (χ3v) is 7.31. The Morgan fingerprint density at radius 3 is 2.38 bits per heavy atom. The topological polar surface area (TPSA) is 84.5 Å². The van der Waals surface area contributed by atoms with Crippen molar-refractivity contribution in [3.8, 4) is 16.9 Å². The van der Waals surface area contributed by atoms with Gasteiger partial charge in [-0.05, 0) is 42.7 Å². The van der Waals surface area contributed by atoms with Gasteiger partial charge in [0.1, 0.15) is 22.3 Å². The molecule has 1 fully saturated rings. The number of hydrogen-bond donors (Lipinski definition) is 2. The Hall–Kier alpha value is -3.30. The number of methoxy groups -OCH3 is 1. The highest BCUT2D eigenvalue weighted by atomic mass is 32.2. The van der Waals surface area contributed by atoms with E-state index in [1.807, 2.05) is 0 Å². The molecule has 0 aliphatic heterocycles. The lowest BCUT2D eigenvalue weighted by atomic mass is 10.0. The predicted octanol–water partition coefficient (Wildman–Crippen LogP) is 5.11. The summed E-state index contributed by atoms with van der Waals surface area (Å²) in [6, 6.07) is 14.1. The number of anilines is 1. The molecule has 178 valence electrons. The van der Waals surface area contributed by atoms with Crippen LogP contribution in [0.2, 0.25) is 0 Å². The minimum atomic E-state index is -3.96. The van der Waals surface area contributed by atoms with Gasteiger partial charge in [0.25, 0.3) is 5.91 Å². The van der Waals surface area contributed by atoms with E-state index < -0.39 is 27.6 Å². The molecule has 3 aromatic rings. The molecule has 1 aliphatic rings. The molecular weight excluding hydrogens is 462 g/mol. The number of halogens is 2. The maximum absolute atomic E-state index is 14.7. The first-order valence-corrected chi connectivity index (χ1v) is 12.3. The maximum Gasteiger partial charge on any atom is 0.255 e. The molecular formula is C25H24F2N2O4S. The molecule has 0 heterocycles.